The molecule has 1 aliphatic heterocycles. The van der Waals surface area contributed by atoms with Gasteiger partial charge >= 0.3 is 0 Å². The van der Waals surface area contributed by atoms with Crippen LogP contribution in [0.15, 0.2) is 11.6 Å². The van der Waals surface area contributed by atoms with Crippen molar-refractivity contribution in [2.45, 2.75) is 141 Å². The summed E-state index contributed by atoms with van der Waals surface area (Å²) in [6.07, 6.45) is 4.51. The summed E-state index contributed by atoms with van der Waals surface area (Å²) < 4.78 is 13.1. The molecular weight excluding hydrogens is 472 g/mol. The van der Waals surface area contributed by atoms with Crippen LogP contribution >= 0.6 is 0 Å². The first-order valence-electron chi connectivity index (χ1n) is 14.3. The first-order chi connectivity index (χ1) is 16.9. The fourth-order valence-corrected chi connectivity index (χ4v) is 9.49. The van der Waals surface area contributed by atoms with E-state index >= 15 is 0 Å². The minimum absolute atomic E-state index is 0.000157. The summed E-state index contributed by atoms with van der Waals surface area (Å²) in [5, 5.41) is 43.9. The number of ether oxygens (including phenoxy) is 2. The molecule has 4 fully saturated rings. The van der Waals surface area contributed by atoms with Crippen molar-refractivity contribution in [2.75, 3.05) is 0 Å². The number of fused-ring (bicyclic) bond motifs is 5. The lowest BCUT2D eigenvalue weighted by Crippen LogP contribution is -2.62. The Balaban J connectivity index is 1.51. The third-order valence-electron chi connectivity index (χ3n) is 11.4. The lowest BCUT2D eigenvalue weighted by Gasteiger charge is -2.60. The average Bonchev–Trinajstić information content (AvgIpc) is 3.17. The van der Waals surface area contributed by atoms with Crippen LogP contribution in [0, 0.1) is 28.6 Å². The maximum absolute atomic E-state index is 13.4. The van der Waals surface area contributed by atoms with Gasteiger partial charge in [-0.2, -0.15) is 0 Å². The molecule has 7 nitrogen and oxygen atoms in total. The minimum Gasteiger partial charge on any atom is -0.390 e. The highest BCUT2D eigenvalue weighted by molar-refractivity contribution is 5.95. The zero-order chi connectivity index (χ0) is 27.4. The third kappa shape index (κ3) is 4.02. The zero-order valence-electron chi connectivity index (χ0n) is 23.7. The van der Waals surface area contributed by atoms with Crippen LogP contribution in [0.2, 0.25) is 0 Å². The summed E-state index contributed by atoms with van der Waals surface area (Å²) in [5.41, 5.74) is -2.79. The smallest absolute Gasteiger partial charge is 0.164 e. The van der Waals surface area contributed by atoms with Gasteiger partial charge in [-0.1, -0.05) is 13.8 Å². The summed E-state index contributed by atoms with van der Waals surface area (Å²) in [6, 6.07) is 0. The quantitative estimate of drug-likeness (QED) is 0.447. The van der Waals surface area contributed by atoms with Crippen molar-refractivity contribution in [3.05, 3.63) is 11.6 Å². The van der Waals surface area contributed by atoms with E-state index < -0.39 is 45.6 Å². The largest absolute Gasteiger partial charge is 0.390 e. The Labute approximate surface area is 221 Å². The van der Waals surface area contributed by atoms with E-state index in [0.29, 0.717) is 25.7 Å². The second-order valence-corrected chi connectivity index (χ2v) is 14.7. The Morgan fingerprint density at radius 1 is 1.03 bits per heavy atom. The molecule has 1 saturated heterocycles. The molecule has 5 rings (SSSR count). The number of allylic oxidation sites excluding steroid dienone is 1. The van der Waals surface area contributed by atoms with Crippen molar-refractivity contribution in [1.82, 2.24) is 0 Å². The number of aliphatic hydroxyl groups is 4. The Bertz CT molecular complexity index is 983. The SMILES string of the molecule is CC(C)(O)CC[C@H]1OC(C)(C)O[C@]1(C)[C@H]1CCC2(O)C3=CC(=O)[C@@H]4C[C@@H](O)[C@@H](O)C[C@]4(C)[C@H]3CC[C@]12C. The van der Waals surface area contributed by atoms with E-state index in [4.69, 9.17) is 9.47 Å². The Kier molecular flexibility index (Phi) is 6.25. The molecule has 10 atom stereocenters. The number of rotatable bonds is 4. The van der Waals surface area contributed by atoms with Crippen LogP contribution in [0.5, 0.6) is 0 Å². The summed E-state index contributed by atoms with van der Waals surface area (Å²) in [5.74, 6) is -1.14. The van der Waals surface area contributed by atoms with Gasteiger partial charge in [0.05, 0.1) is 35.1 Å². The summed E-state index contributed by atoms with van der Waals surface area (Å²) in [4.78, 5) is 13.4. The summed E-state index contributed by atoms with van der Waals surface area (Å²) in [7, 11) is 0. The van der Waals surface area contributed by atoms with Crippen LogP contribution in [-0.4, -0.2) is 67.1 Å². The molecule has 0 spiro atoms. The molecule has 210 valence electrons. The topological polar surface area (TPSA) is 116 Å². The van der Waals surface area contributed by atoms with E-state index in [1.165, 1.54) is 0 Å². The van der Waals surface area contributed by atoms with Gasteiger partial charge in [0.1, 0.15) is 0 Å². The second kappa shape index (κ2) is 8.34. The van der Waals surface area contributed by atoms with Crippen molar-refractivity contribution in [3.8, 4) is 0 Å². The summed E-state index contributed by atoms with van der Waals surface area (Å²) in [6.45, 7) is 13.8. The maximum atomic E-state index is 13.4. The Hall–Kier alpha value is -0.830. The first-order valence-corrected chi connectivity index (χ1v) is 14.3. The third-order valence-corrected chi connectivity index (χ3v) is 11.4. The highest BCUT2D eigenvalue weighted by atomic mass is 16.8. The van der Waals surface area contributed by atoms with Gasteiger partial charge in [-0.25, -0.2) is 0 Å². The van der Waals surface area contributed by atoms with Crippen molar-refractivity contribution >= 4 is 5.78 Å². The predicted molar refractivity (Wildman–Crippen MR) is 138 cm³/mol. The van der Waals surface area contributed by atoms with Gasteiger partial charge < -0.3 is 29.9 Å². The summed E-state index contributed by atoms with van der Waals surface area (Å²) >= 11 is 0. The van der Waals surface area contributed by atoms with Crippen LogP contribution in [-0.2, 0) is 14.3 Å². The van der Waals surface area contributed by atoms with Crippen molar-refractivity contribution in [1.29, 1.82) is 0 Å². The van der Waals surface area contributed by atoms with E-state index in [9.17, 15) is 25.2 Å². The molecule has 4 N–H and O–H groups in total. The highest BCUT2D eigenvalue weighted by Gasteiger charge is 2.71. The lowest BCUT2D eigenvalue weighted by atomic mass is 9.45. The first kappa shape index (κ1) is 27.7. The van der Waals surface area contributed by atoms with E-state index in [1.807, 2.05) is 27.7 Å². The molecule has 4 aliphatic carbocycles. The maximum Gasteiger partial charge on any atom is 0.164 e. The molecule has 5 aliphatic rings. The Morgan fingerprint density at radius 3 is 2.35 bits per heavy atom. The van der Waals surface area contributed by atoms with Gasteiger partial charge in [-0.3, -0.25) is 4.79 Å². The fourth-order valence-electron chi connectivity index (χ4n) is 9.49. The average molecular weight is 521 g/mol. The molecular formula is C30H48O7. The number of hydrogen-bond donors (Lipinski definition) is 4. The van der Waals surface area contributed by atoms with E-state index in [2.05, 4.69) is 20.8 Å². The molecule has 1 unspecified atom stereocenters. The number of hydrogen-bond acceptors (Lipinski definition) is 7. The van der Waals surface area contributed by atoms with Crippen molar-refractivity contribution in [3.63, 3.8) is 0 Å². The van der Waals surface area contributed by atoms with Crippen molar-refractivity contribution in [2.24, 2.45) is 28.6 Å². The number of carbonyl (C=O) groups is 1. The number of carbonyl (C=O) groups excluding carboxylic acids is 1. The molecule has 0 radical (unpaired) electrons. The molecule has 3 saturated carbocycles. The molecule has 0 aromatic rings. The minimum atomic E-state index is -1.15. The van der Waals surface area contributed by atoms with Crippen LogP contribution in [0.1, 0.15) is 99.8 Å². The van der Waals surface area contributed by atoms with Crippen LogP contribution < -0.4 is 0 Å². The molecule has 0 aromatic heterocycles. The fraction of sp³-hybridized carbons (Fsp3) is 0.900. The molecule has 1 heterocycles. The molecule has 0 amide bonds. The molecule has 0 bridgehead atoms. The predicted octanol–water partition coefficient (Wildman–Crippen LogP) is 3.65. The highest BCUT2D eigenvalue weighted by Crippen LogP contribution is 2.69. The zero-order valence-corrected chi connectivity index (χ0v) is 23.7. The van der Waals surface area contributed by atoms with E-state index in [1.54, 1.807) is 6.08 Å². The Morgan fingerprint density at radius 2 is 1.70 bits per heavy atom. The van der Waals surface area contributed by atoms with Gasteiger partial charge in [0.15, 0.2) is 11.6 Å². The van der Waals surface area contributed by atoms with E-state index in [-0.39, 0.29) is 36.1 Å². The molecule has 0 aromatic carbocycles. The second-order valence-electron chi connectivity index (χ2n) is 14.7. The van der Waals surface area contributed by atoms with Gasteiger partial charge in [0.25, 0.3) is 0 Å². The molecule has 7 heteroatoms. The van der Waals surface area contributed by atoms with Gasteiger partial charge in [-0.15, -0.1) is 0 Å². The van der Waals surface area contributed by atoms with Gasteiger partial charge in [-0.05, 0) is 115 Å². The van der Waals surface area contributed by atoms with Gasteiger partial charge in [0.2, 0.25) is 0 Å². The van der Waals surface area contributed by atoms with Crippen LogP contribution in [0.3, 0.4) is 0 Å². The standard InChI is InChI=1S/C30H48O7/c1-25(2,34)11-10-24-29(7,37-26(3,4)36-24)23-9-13-30(35)18-14-20(31)19-15-21(32)22(33)16-27(19,5)17(18)8-12-28(23,30)6/h14,17,19,21-24,32-35H,8-13,15-16H2,1-7H3/t17-,19-,21+,22-,23-,24+,27+,28+,29+,30?/m0/s1. The van der Waals surface area contributed by atoms with Crippen LogP contribution in [0.25, 0.3) is 0 Å². The van der Waals surface area contributed by atoms with E-state index in [0.717, 1.165) is 24.8 Å². The number of aliphatic hydroxyl groups excluding tert-OH is 2. The normalized spacial score (nSPS) is 51.3. The van der Waals surface area contributed by atoms with Crippen LogP contribution in [0.4, 0.5) is 0 Å². The van der Waals surface area contributed by atoms with Gasteiger partial charge in [0, 0.05) is 11.3 Å². The molecule has 37 heavy (non-hydrogen) atoms. The monoisotopic (exact) mass is 520 g/mol. The lowest BCUT2D eigenvalue weighted by molar-refractivity contribution is -0.191. The van der Waals surface area contributed by atoms with Crippen molar-refractivity contribution < 1.29 is 34.7 Å². The number of ketones is 1.